The number of unbranched alkanes of at least 4 members (excludes halogenated alkanes) is 31. The number of nitrogens with one attached hydrogen (secondary N) is 1. The Bertz CT molecular complexity index is 1120. The molecule has 0 aromatic rings. The predicted octanol–water partition coefficient (Wildman–Crippen LogP) is 10.0. The van der Waals surface area contributed by atoms with E-state index in [9.17, 15) is 28.6 Å². The van der Waals surface area contributed by atoms with Crippen LogP contribution >= 0.6 is 7.82 Å². The van der Waals surface area contributed by atoms with E-state index in [0.29, 0.717) is 25.7 Å². The fourth-order valence-corrected chi connectivity index (χ4v) is 8.20. The fraction of sp³-hybridized carbons (Fsp3) is 0.918. The van der Waals surface area contributed by atoms with Gasteiger partial charge in [-0.25, -0.2) is 0 Å². The first-order valence-corrected chi connectivity index (χ1v) is 27.0. The summed E-state index contributed by atoms with van der Waals surface area (Å²) in [5.41, 5.74) is 0. The molecule has 0 saturated carbocycles. The second kappa shape index (κ2) is 48.9. The van der Waals surface area contributed by atoms with E-state index in [-0.39, 0.29) is 74.5 Å². The van der Waals surface area contributed by atoms with Crippen molar-refractivity contribution in [1.82, 2.24) is 5.32 Å². The Labute approximate surface area is 406 Å². The Balaban J connectivity index is 0. The molecule has 0 saturated heterocycles. The molecule has 2 atom stereocenters. The van der Waals surface area contributed by atoms with Crippen LogP contribution in [-0.2, 0) is 42.3 Å². The maximum absolute atomic E-state index is 12.7. The largest absolute Gasteiger partial charge is 1.00 e. The molecule has 0 heterocycles. The molecule has 366 valence electrons. The number of ether oxygens (including phenoxy) is 2. The van der Waals surface area contributed by atoms with Crippen LogP contribution in [0.2, 0.25) is 0 Å². The van der Waals surface area contributed by atoms with Crippen molar-refractivity contribution in [3.63, 3.8) is 0 Å². The van der Waals surface area contributed by atoms with Gasteiger partial charge in [0, 0.05) is 32.2 Å². The molecule has 2 N–H and O–H groups in total. The molecule has 2 unspecified atom stereocenters. The Hall–Kier alpha value is -1.01. The van der Waals surface area contributed by atoms with Gasteiger partial charge in [0.15, 0.2) is 6.10 Å². The minimum atomic E-state index is -4.80. The molecular formula is C49H93NNaO11P. The third-order valence-corrected chi connectivity index (χ3v) is 12.3. The summed E-state index contributed by atoms with van der Waals surface area (Å²) in [6.07, 6.45) is 38.3. The van der Waals surface area contributed by atoms with E-state index >= 15 is 0 Å². The number of esters is 2. The van der Waals surface area contributed by atoms with E-state index in [0.717, 1.165) is 83.5 Å². The summed E-state index contributed by atoms with van der Waals surface area (Å²) in [5, 5.41) is 11.3. The van der Waals surface area contributed by atoms with Gasteiger partial charge < -0.3 is 33.8 Å². The maximum Gasteiger partial charge on any atom is 1.00 e. The molecule has 12 nitrogen and oxygen atoms in total. The number of aliphatic carboxylic acids is 1. The molecule has 0 bridgehead atoms. The van der Waals surface area contributed by atoms with Gasteiger partial charge in [-0.05, 0) is 25.7 Å². The second-order valence-electron chi connectivity index (χ2n) is 17.4. The van der Waals surface area contributed by atoms with Gasteiger partial charge in [-0.3, -0.25) is 23.7 Å². The van der Waals surface area contributed by atoms with Gasteiger partial charge in [-0.2, -0.15) is 0 Å². The molecule has 0 aromatic carbocycles. The van der Waals surface area contributed by atoms with Crippen molar-refractivity contribution in [3.8, 4) is 0 Å². The number of carbonyl (C=O) groups is 4. The van der Waals surface area contributed by atoms with Crippen molar-refractivity contribution in [1.29, 1.82) is 0 Å². The average Bonchev–Trinajstić information content (AvgIpc) is 3.24. The Morgan fingerprint density at radius 3 is 1.24 bits per heavy atom. The van der Waals surface area contributed by atoms with Crippen LogP contribution in [0.15, 0.2) is 0 Å². The van der Waals surface area contributed by atoms with Crippen molar-refractivity contribution in [3.05, 3.63) is 0 Å². The molecule has 63 heavy (non-hydrogen) atoms. The number of carbonyl (C=O) groups excluding carboxylic acids is 3. The zero-order valence-corrected chi connectivity index (χ0v) is 43.6. The average molecular weight is 926 g/mol. The SMILES string of the molecule is CCCCCCCCCCCCCCCC(=O)OCC(COP(=O)([O-])OCCNC(=O)CCCCCCCCCCC(=O)O)OC(=O)CCCCCCCCCCCCCCC.[Na+]. The Kier molecular flexibility index (Phi) is 49.7. The van der Waals surface area contributed by atoms with Crippen molar-refractivity contribution in [2.45, 2.75) is 264 Å². The predicted molar refractivity (Wildman–Crippen MR) is 248 cm³/mol. The van der Waals surface area contributed by atoms with Crippen molar-refractivity contribution < 1.29 is 81.8 Å². The van der Waals surface area contributed by atoms with Gasteiger partial charge in [0.1, 0.15) is 6.61 Å². The Morgan fingerprint density at radius 1 is 0.492 bits per heavy atom. The van der Waals surface area contributed by atoms with Gasteiger partial charge >= 0.3 is 47.5 Å². The van der Waals surface area contributed by atoms with Crippen LogP contribution in [0.5, 0.6) is 0 Å². The van der Waals surface area contributed by atoms with Crippen LogP contribution in [0, 0.1) is 0 Å². The Morgan fingerprint density at radius 2 is 0.841 bits per heavy atom. The van der Waals surface area contributed by atoms with Crippen LogP contribution in [0.4, 0.5) is 0 Å². The summed E-state index contributed by atoms with van der Waals surface area (Å²) in [5.74, 6) is -1.87. The third-order valence-electron chi connectivity index (χ3n) is 11.3. The molecule has 1 amide bonds. The quantitative estimate of drug-likeness (QED) is 0.0257. The second-order valence-corrected chi connectivity index (χ2v) is 18.8. The van der Waals surface area contributed by atoms with Crippen LogP contribution in [0.1, 0.15) is 258 Å². The zero-order chi connectivity index (χ0) is 45.6. The van der Waals surface area contributed by atoms with Gasteiger partial charge in [-0.15, -0.1) is 0 Å². The van der Waals surface area contributed by atoms with E-state index in [1.807, 2.05) is 0 Å². The first-order chi connectivity index (χ1) is 30.1. The molecule has 0 rings (SSSR count). The van der Waals surface area contributed by atoms with Gasteiger partial charge in [0.05, 0.1) is 13.2 Å². The van der Waals surface area contributed by atoms with E-state index in [1.165, 1.54) is 116 Å². The summed E-state index contributed by atoms with van der Waals surface area (Å²) in [7, 11) is -4.80. The number of hydrogen-bond donors (Lipinski definition) is 2. The molecule has 0 fully saturated rings. The number of hydrogen-bond acceptors (Lipinski definition) is 10. The minimum absolute atomic E-state index is 0. The molecule has 0 spiro atoms. The standard InChI is InChI=1S/C49H94NO11P.Na/c1-3-5-7-9-11-13-15-17-19-21-27-31-35-39-48(54)58-43-45(61-49(55)40-36-32-28-22-20-18-16-14-12-10-8-6-4-2)44-60-62(56,57)59-42-41-50-46(51)37-33-29-25-23-24-26-30-34-38-47(52)53;/h45H,3-44H2,1-2H3,(H,50,51)(H,52,53)(H,56,57);/q;+1/p-1. The van der Waals surface area contributed by atoms with E-state index < -0.39 is 38.4 Å². The topological polar surface area (TPSA) is 178 Å². The van der Waals surface area contributed by atoms with Gasteiger partial charge in [-0.1, -0.05) is 206 Å². The van der Waals surface area contributed by atoms with Crippen LogP contribution in [0.3, 0.4) is 0 Å². The fourth-order valence-electron chi connectivity index (χ4n) is 7.46. The van der Waals surface area contributed by atoms with E-state index in [2.05, 4.69) is 19.2 Å². The van der Waals surface area contributed by atoms with Crippen LogP contribution in [0.25, 0.3) is 0 Å². The van der Waals surface area contributed by atoms with Crippen molar-refractivity contribution in [2.75, 3.05) is 26.4 Å². The zero-order valence-electron chi connectivity index (χ0n) is 40.8. The number of amides is 1. The molecule has 0 aromatic heterocycles. The van der Waals surface area contributed by atoms with Crippen LogP contribution < -0.4 is 39.8 Å². The molecule has 0 aliphatic carbocycles. The van der Waals surface area contributed by atoms with Gasteiger partial charge in [0.2, 0.25) is 5.91 Å². The van der Waals surface area contributed by atoms with Crippen molar-refractivity contribution >= 4 is 31.6 Å². The molecule has 0 radical (unpaired) electrons. The minimum Gasteiger partial charge on any atom is -0.756 e. The maximum atomic E-state index is 12.7. The molecule has 0 aliphatic heterocycles. The normalized spacial score (nSPS) is 12.6. The monoisotopic (exact) mass is 926 g/mol. The van der Waals surface area contributed by atoms with Gasteiger partial charge in [0.25, 0.3) is 7.82 Å². The van der Waals surface area contributed by atoms with Crippen molar-refractivity contribution in [2.24, 2.45) is 0 Å². The third kappa shape index (κ3) is 50.2. The smallest absolute Gasteiger partial charge is 0.756 e. The molecule has 0 aliphatic rings. The first kappa shape index (κ1) is 64.1. The summed E-state index contributed by atoms with van der Waals surface area (Å²) in [6.45, 7) is 3.29. The summed E-state index contributed by atoms with van der Waals surface area (Å²) < 4.78 is 33.5. The summed E-state index contributed by atoms with van der Waals surface area (Å²) in [6, 6.07) is 0. The summed E-state index contributed by atoms with van der Waals surface area (Å²) >= 11 is 0. The number of carboxylic acids is 1. The number of rotatable bonds is 49. The van der Waals surface area contributed by atoms with E-state index in [1.54, 1.807) is 0 Å². The van der Waals surface area contributed by atoms with Crippen LogP contribution in [-0.4, -0.2) is 61.4 Å². The van der Waals surface area contributed by atoms with E-state index in [4.69, 9.17) is 23.6 Å². The molecule has 14 heteroatoms. The number of phosphoric ester groups is 1. The number of carboxylic acid groups (broad SMARTS) is 1. The molecular weight excluding hydrogens is 832 g/mol. The number of phosphoric acid groups is 1. The summed E-state index contributed by atoms with van der Waals surface area (Å²) in [4.78, 5) is 60.6. The first-order valence-electron chi connectivity index (χ1n) is 25.5.